The molecule has 7 heteroatoms. The molecule has 0 fully saturated rings. The number of phenols is 1. The number of rotatable bonds is 7. The fourth-order valence-corrected chi connectivity index (χ4v) is 2.74. The number of aromatic hydroxyl groups is 1. The number of carbonyl (C=O) groups is 3. The van der Waals surface area contributed by atoms with Gasteiger partial charge in [0.25, 0.3) is 0 Å². The molecular weight excluding hydrogens is 336 g/mol. The third-order valence-corrected chi connectivity index (χ3v) is 4.35. The van der Waals surface area contributed by atoms with Gasteiger partial charge in [0, 0.05) is 12.1 Å². The molecule has 0 bridgehead atoms. The minimum Gasteiger partial charge on any atom is -0.508 e. The van der Waals surface area contributed by atoms with Gasteiger partial charge in [-0.25, -0.2) is 0 Å². The zero-order chi connectivity index (χ0) is 19.3. The Bertz CT molecular complexity index is 767. The van der Waals surface area contributed by atoms with Crippen LogP contribution in [0, 0.1) is 5.41 Å². The molecule has 1 aromatic rings. The van der Waals surface area contributed by atoms with E-state index in [0.717, 1.165) is 5.56 Å². The molecule has 1 aliphatic rings. The average molecular weight is 358 g/mol. The number of benzene rings is 1. The Labute approximate surface area is 151 Å². The normalized spacial score (nSPS) is 20.2. The van der Waals surface area contributed by atoms with Crippen LogP contribution in [0.3, 0.4) is 0 Å². The molecule has 7 nitrogen and oxygen atoms in total. The molecule has 0 saturated heterocycles. The Morgan fingerprint density at radius 3 is 2.42 bits per heavy atom. The minimum atomic E-state index is -1.75. The largest absolute Gasteiger partial charge is 0.508 e. The average Bonchev–Trinajstić information content (AvgIpc) is 2.63. The lowest BCUT2D eigenvalue weighted by molar-refractivity contribution is -0.152. The monoisotopic (exact) mass is 358 g/mol. The Morgan fingerprint density at radius 2 is 1.92 bits per heavy atom. The zero-order valence-corrected chi connectivity index (χ0v) is 14.4. The third-order valence-electron chi connectivity index (χ3n) is 4.35. The minimum absolute atomic E-state index is 0.0831. The van der Waals surface area contributed by atoms with Gasteiger partial charge in [-0.1, -0.05) is 31.2 Å². The number of Topliss-reactive ketones (excluding diaryl/α,β-unsaturated/α-hetero) is 1. The van der Waals surface area contributed by atoms with Crippen molar-refractivity contribution in [1.29, 1.82) is 0 Å². The SMILES string of the molecule is CCC(=O)NC1=CCC(C(=O)O)(C(=O)[C@@H](N)Cc2ccc(O)cc2)C=C1. The second kappa shape index (κ2) is 7.97. The van der Waals surface area contributed by atoms with E-state index in [-0.39, 0.29) is 24.5 Å². The van der Waals surface area contributed by atoms with Gasteiger partial charge in [0.2, 0.25) is 5.91 Å². The number of hydrogen-bond donors (Lipinski definition) is 4. The Balaban J connectivity index is 2.15. The molecule has 26 heavy (non-hydrogen) atoms. The maximum Gasteiger partial charge on any atom is 0.321 e. The summed E-state index contributed by atoms with van der Waals surface area (Å²) in [7, 11) is 0. The summed E-state index contributed by atoms with van der Waals surface area (Å²) in [6.45, 7) is 1.70. The fraction of sp³-hybridized carbons (Fsp3) is 0.316. The van der Waals surface area contributed by atoms with E-state index in [0.29, 0.717) is 12.1 Å². The highest BCUT2D eigenvalue weighted by molar-refractivity contribution is 6.08. The first-order valence-corrected chi connectivity index (χ1v) is 8.29. The number of aliphatic carboxylic acids is 1. The van der Waals surface area contributed by atoms with Crippen LogP contribution in [0.25, 0.3) is 0 Å². The number of nitrogens with two attached hydrogens (primary N) is 1. The molecule has 0 spiro atoms. The van der Waals surface area contributed by atoms with Gasteiger partial charge in [-0.2, -0.15) is 0 Å². The maximum absolute atomic E-state index is 12.8. The van der Waals surface area contributed by atoms with Gasteiger partial charge in [0.15, 0.2) is 5.78 Å². The van der Waals surface area contributed by atoms with Crippen LogP contribution in [0.1, 0.15) is 25.3 Å². The molecule has 0 heterocycles. The van der Waals surface area contributed by atoms with Gasteiger partial charge in [0.1, 0.15) is 11.2 Å². The lowest BCUT2D eigenvalue weighted by Gasteiger charge is -2.29. The number of carboxylic acids is 1. The summed E-state index contributed by atoms with van der Waals surface area (Å²) in [6.07, 6.45) is 4.61. The highest BCUT2D eigenvalue weighted by atomic mass is 16.4. The van der Waals surface area contributed by atoms with Gasteiger partial charge < -0.3 is 21.3 Å². The number of hydrogen-bond acceptors (Lipinski definition) is 5. The molecule has 138 valence electrons. The van der Waals surface area contributed by atoms with Crippen LogP contribution in [0.15, 0.2) is 48.2 Å². The van der Waals surface area contributed by atoms with E-state index in [1.165, 1.54) is 30.4 Å². The quantitative estimate of drug-likeness (QED) is 0.543. The molecule has 0 radical (unpaired) electrons. The zero-order valence-electron chi connectivity index (χ0n) is 14.4. The Kier molecular flexibility index (Phi) is 5.94. The van der Waals surface area contributed by atoms with E-state index >= 15 is 0 Å². The predicted molar refractivity (Wildman–Crippen MR) is 95.1 cm³/mol. The predicted octanol–water partition coefficient (Wildman–Crippen LogP) is 1.27. The lowest BCUT2D eigenvalue weighted by atomic mass is 9.74. The standard InChI is InChI=1S/C19H22N2O5/c1-2-16(23)21-13-7-9-19(10-8-13,18(25)26)17(24)15(20)11-12-3-5-14(22)6-4-12/h3-9,15,22H,2,10-11,20H2,1H3,(H,21,23)(H,25,26)/t15-,19?/m0/s1. The first-order chi connectivity index (χ1) is 12.3. The van der Waals surface area contributed by atoms with Crippen LogP contribution in [-0.4, -0.2) is 33.9 Å². The van der Waals surface area contributed by atoms with Crippen molar-refractivity contribution in [3.05, 3.63) is 53.8 Å². The second-order valence-corrected chi connectivity index (χ2v) is 6.22. The number of allylic oxidation sites excluding steroid dienone is 2. The van der Waals surface area contributed by atoms with Crippen molar-refractivity contribution in [3.8, 4) is 5.75 Å². The van der Waals surface area contributed by atoms with Crippen molar-refractivity contribution in [2.45, 2.75) is 32.2 Å². The summed E-state index contributed by atoms with van der Waals surface area (Å²) in [4.78, 5) is 36.1. The third kappa shape index (κ3) is 4.18. The summed E-state index contributed by atoms with van der Waals surface area (Å²) in [5.74, 6) is -1.99. The van der Waals surface area contributed by atoms with E-state index in [9.17, 15) is 24.6 Å². The van der Waals surface area contributed by atoms with Gasteiger partial charge in [0.05, 0.1) is 6.04 Å². The van der Waals surface area contributed by atoms with E-state index in [2.05, 4.69) is 5.32 Å². The number of nitrogens with one attached hydrogen (secondary N) is 1. The van der Waals surface area contributed by atoms with Crippen molar-refractivity contribution in [1.82, 2.24) is 5.32 Å². The van der Waals surface area contributed by atoms with Crippen LogP contribution >= 0.6 is 0 Å². The molecule has 1 aliphatic carbocycles. The summed E-state index contributed by atoms with van der Waals surface area (Å²) in [5.41, 5.74) is 5.41. The number of ketones is 1. The first kappa shape index (κ1) is 19.4. The lowest BCUT2D eigenvalue weighted by Crippen LogP contribution is -2.48. The molecule has 1 aromatic carbocycles. The molecule has 0 aliphatic heterocycles. The fourth-order valence-electron chi connectivity index (χ4n) is 2.74. The van der Waals surface area contributed by atoms with Crippen LogP contribution in [-0.2, 0) is 20.8 Å². The van der Waals surface area contributed by atoms with Crippen molar-refractivity contribution in [2.24, 2.45) is 11.1 Å². The topological polar surface area (TPSA) is 130 Å². The molecule has 2 atom stereocenters. The highest BCUT2D eigenvalue weighted by Crippen LogP contribution is 2.32. The van der Waals surface area contributed by atoms with Gasteiger partial charge in [-0.3, -0.25) is 14.4 Å². The van der Waals surface area contributed by atoms with Crippen molar-refractivity contribution in [2.75, 3.05) is 0 Å². The van der Waals surface area contributed by atoms with E-state index in [1.54, 1.807) is 19.1 Å². The first-order valence-electron chi connectivity index (χ1n) is 8.29. The second-order valence-electron chi connectivity index (χ2n) is 6.22. The molecule has 5 N–H and O–H groups in total. The van der Waals surface area contributed by atoms with E-state index in [4.69, 9.17) is 5.73 Å². The molecular formula is C19H22N2O5. The van der Waals surface area contributed by atoms with E-state index in [1.807, 2.05) is 0 Å². The van der Waals surface area contributed by atoms with Gasteiger partial charge in [-0.15, -0.1) is 0 Å². The Hall–Kier alpha value is -2.93. The number of amides is 1. The van der Waals surface area contributed by atoms with E-state index < -0.39 is 23.2 Å². The molecule has 1 unspecified atom stereocenters. The molecule has 0 aromatic heterocycles. The number of carbonyl (C=O) groups excluding carboxylic acids is 2. The highest BCUT2D eigenvalue weighted by Gasteiger charge is 2.46. The van der Waals surface area contributed by atoms with Crippen molar-refractivity contribution < 1.29 is 24.6 Å². The van der Waals surface area contributed by atoms with Gasteiger partial charge in [-0.05, 0) is 36.6 Å². The molecule has 0 saturated carbocycles. The number of carboxylic acid groups (broad SMARTS) is 1. The number of phenolic OH excluding ortho intramolecular Hbond substituents is 1. The van der Waals surface area contributed by atoms with Crippen LogP contribution in [0.4, 0.5) is 0 Å². The molecule has 1 amide bonds. The summed E-state index contributed by atoms with van der Waals surface area (Å²) in [6, 6.07) is 5.20. The van der Waals surface area contributed by atoms with Crippen LogP contribution in [0.2, 0.25) is 0 Å². The van der Waals surface area contributed by atoms with Crippen LogP contribution < -0.4 is 11.1 Å². The van der Waals surface area contributed by atoms with Gasteiger partial charge >= 0.3 is 5.97 Å². The van der Waals surface area contributed by atoms with Crippen LogP contribution in [0.5, 0.6) is 5.75 Å². The summed E-state index contributed by atoms with van der Waals surface area (Å²) >= 11 is 0. The summed E-state index contributed by atoms with van der Waals surface area (Å²) in [5, 5.41) is 21.6. The van der Waals surface area contributed by atoms with Crippen molar-refractivity contribution in [3.63, 3.8) is 0 Å². The smallest absolute Gasteiger partial charge is 0.321 e. The summed E-state index contributed by atoms with van der Waals surface area (Å²) < 4.78 is 0. The maximum atomic E-state index is 12.8. The van der Waals surface area contributed by atoms with Crippen molar-refractivity contribution >= 4 is 17.7 Å². The molecule has 2 rings (SSSR count). The Morgan fingerprint density at radius 1 is 1.27 bits per heavy atom.